The van der Waals surface area contributed by atoms with Crippen LogP contribution in [0.1, 0.15) is 21.8 Å². The Morgan fingerprint density at radius 3 is 2.53 bits per heavy atom. The Bertz CT molecular complexity index is 423. The number of likely N-dealkylation sites (tertiary alicyclic amines) is 1. The van der Waals surface area contributed by atoms with Crippen molar-refractivity contribution >= 4 is 5.91 Å². The average molecular weight is 235 g/mol. The highest BCUT2D eigenvalue weighted by Gasteiger charge is 2.39. The van der Waals surface area contributed by atoms with E-state index < -0.39 is 0 Å². The van der Waals surface area contributed by atoms with E-state index in [9.17, 15) is 4.79 Å². The zero-order valence-electron chi connectivity index (χ0n) is 10.2. The first-order valence-electron chi connectivity index (χ1n) is 6.09. The molecule has 5 nitrogen and oxygen atoms in total. The van der Waals surface area contributed by atoms with Gasteiger partial charge in [0.1, 0.15) is 11.3 Å². The Hall–Kier alpha value is -1.36. The molecule has 0 saturated carbocycles. The van der Waals surface area contributed by atoms with Crippen LogP contribution in [0.3, 0.4) is 0 Å². The summed E-state index contributed by atoms with van der Waals surface area (Å²) in [5.74, 6) is 1.96. The minimum absolute atomic E-state index is 0.0793. The third-order valence-electron chi connectivity index (χ3n) is 3.92. The van der Waals surface area contributed by atoms with Gasteiger partial charge in [-0.25, -0.2) is 0 Å². The van der Waals surface area contributed by atoms with E-state index in [1.165, 1.54) is 0 Å². The molecule has 2 saturated heterocycles. The molecule has 3 rings (SSSR count). The molecule has 0 spiro atoms. The number of rotatable bonds is 1. The maximum Gasteiger partial charge on any atom is 0.259 e. The van der Waals surface area contributed by atoms with Crippen molar-refractivity contribution < 1.29 is 9.32 Å². The predicted molar refractivity (Wildman–Crippen MR) is 61.7 cm³/mol. The molecule has 1 amide bonds. The van der Waals surface area contributed by atoms with E-state index in [1.807, 2.05) is 11.8 Å². The molecule has 1 aromatic heterocycles. The van der Waals surface area contributed by atoms with Crippen molar-refractivity contribution in [3.8, 4) is 0 Å². The van der Waals surface area contributed by atoms with Gasteiger partial charge in [0.25, 0.3) is 5.91 Å². The maximum atomic E-state index is 12.4. The Kier molecular flexibility index (Phi) is 2.43. The molecule has 2 aliphatic rings. The minimum Gasteiger partial charge on any atom is -0.361 e. The quantitative estimate of drug-likeness (QED) is 0.773. The summed E-state index contributed by atoms with van der Waals surface area (Å²) in [5.41, 5.74) is 1.35. The van der Waals surface area contributed by atoms with Gasteiger partial charge in [0.05, 0.1) is 5.69 Å². The van der Waals surface area contributed by atoms with Crippen molar-refractivity contribution in [1.29, 1.82) is 0 Å². The van der Waals surface area contributed by atoms with Crippen LogP contribution < -0.4 is 5.32 Å². The van der Waals surface area contributed by atoms with Crippen LogP contribution in [0.4, 0.5) is 0 Å². The first-order valence-corrected chi connectivity index (χ1v) is 6.09. The van der Waals surface area contributed by atoms with Crippen molar-refractivity contribution in [1.82, 2.24) is 15.4 Å². The fourth-order valence-corrected chi connectivity index (χ4v) is 2.97. The van der Waals surface area contributed by atoms with Crippen LogP contribution in [-0.2, 0) is 0 Å². The molecule has 2 aliphatic heterocycles. The number of nitrogens with zero attached hydrogens (tertiary/aromatic N) is 2. The van der Waals surface area contributed by atoms with Gasteiger partial charge < -0.3 is 14.7 Å². The molecule has 2 atom stereocenters. The summed E-state index contributed by atoms with van der Waals surface area (Å²) in [5, 5.41) is 7.22. The summed E-state index contributed by atoms with van der Waals surface area (Å²) in [6.07, 6.45) is 0. The standard InChI is InChI=1S/C12H17N3O2/c1-7-11(8(2)17-14-7)12(16)15-5-9-3-13-4-10(9)6-15/h9-10,13H,3-6H2,1-2H3/t9-,10+. The summed E-state index contributed by atoms with van der Waals surface area (Å²) in [6.45, 7) is 7.42. The predicted octanol–water partition coefficient (Wildman–Crippen LogP) is 0.583. The van der Waals surface area contributed by atoms with E-state index in [4.69, 9.17) is 4.52 Å². The maximum absolute atomic E-state index is 12.4. The Labute approximate surface area is 100 Å². The van der Waals surface area contributed by atoms with Gasteiger partial charge in [0.2, 0.25) is 0 Å². The summed E-state index contributed by atoms with van der Waals surface area (Å²) < 4.78 is 5.06. The number of aromatic nitrogens is 1. The van der Waals surface area contributed by atoms with E-state index in [0.717, 1.165) is 26.2 Å². The lowest BCUT2D eigenvalue weighted by atomic mass is 10.0. The van der Waals surface area contributed by atoms with Crippen molar-refractivity contribution in [2.24, 2.45) is 11.8 Å². The molecule has 3 heterocycles. The monoisotopic (exact) mass is 235 g/mol. The number of carbonyl (C=O) groups is 1. The number of nitrogens with one attached hydrogen (secondary N) is 1. The van der Waals surface area contributed by atoms with E-state index in [2.05, 4.69) is 10.5 Å². The van der Waals surface area contributed by atoms with Crippen LogP contribution in [0, 0.1) is 25.7 Å². The topological polar surface area (TPSA) is 58.4 Å². The summed E-state index contributed by atoms with van der Waals surface area (Å²) in [4.78, 5) is 14.3. The zero-order chi connectivity index (χ0) is 12.0. The summed E-state index contributed by atoms with van der Waals surface area (Å²) in [7, 11) is 0. The summed E-state index contributed by atoms with van der Waals surface area (Å²) >= 11 is 0. The van der Waals surface area contributed by atoms with E-state index in [0.29, 0.717) is 28.9 Å². The molecule has 1 aromatic rings. The molecule has 0 radical (unpaired) electrons. The van der Waals surface area contributed by atoms with Gasteiger partial charge in [0.15, 0.2) is 0 Å². The van der Waals surface area contributed by atoms with Gasteiger partial charge >= 0.3 is 0 Å². The van der Waals surface area contributed by atoms with Crippen LogP contribution in [0.25, 0.3) is 0 Å². The molecule has 5 heteroatoms. The van der Waals surface area contributed by atoms with Crippen molar-refractivity contribution in [3.63, 3.8) is 0 Å². The third kappa shape index (κ3) is 1.65. The normalized spacial score (nSPS) is 27.5. The lowest BCUT2D eigenvalue weighted by Gasteiger charge is -2.17. The van der Waals surface area contributed by atoms with E-state index >= 15 is 0 Å². The second-order valence-electron chi connectivity index (χ2n) is 5.09. The second kappa shape index (κ2) is 3.84. The fourth-order valence-electron chi connectivity index (χ4n) is 2.97. The molecule has 0 aliphatic carbocycles. The Balaban J connectivity index is 1.80. The molecular weight excluding hydrogens is 218 g/mol. The van der Waals surface area contributed by atoms with E-state index in [-0.39, 0.29) is 5.91 Å². The van der Waals surface area contributed by atoms with Gasteiger partial charge in [-0.2, -0.15) is 0 Å². The molecule has 0 unspecified atom stereocenters. The van der Waals surface area contributed by atoms with Gasteiger partial charge in [-0.1, -0.05) is 5.16 Å². The highest BCUT2D eigenvalue weighted by Crippen LogP contribution is 2.28. The van der Waals surface area contributed by atoms with Gasteiger partial charge in [-0.15, -0.1) is 0 Å². The van der Waals surface area contributed by atoms with Gasteiger partial charge in [-0.3, -0.25) is 4.79 Å². The molecular formula is C12H17N3O2. The van der Waals surface area contributed by atoms with Crippen LogP contribution in [-0.4, -0.2) is 42.1 Å². The van der Waals surface area contributed by atoms with Crippen LogP contribution >= 0.6 is 0 Å². The van der Waals surface area contributed by atoms with E-state index in [1.54, 1.807) is 6.92 Å². The molecule has 92 valence electrons. The lowest BCUT2D eigenvalue weighted by Crippen LogP contribution is -2.32. The number of amides is 1. The van der Waals surface area contributed by atoms with Gasteiger partial charge in [-0.05, 0) is 25.7 Å². The molecule has 1 N–H and O–H groups in total. The van der Waals surface area contributed by atoms with Crippen LogP contribution in [0.2, 0.25) is 0 Å². The van der Waals surface area contributed by atoms with Crippen LogP contribution in [0.5, 0.6) is 0 Å². The lowest BCUT2D eigenvalue weighted by molar-refractivity contribution is 0.0779. The fraction of sp³-hybridized carbons (Fsp3) is 0.667. The first-order chi connectivity index (χ1) is 8.16. The number of hydrogen-bond donors (Lipinski definition) is 1. The SMILES string of the molecule is Cc1noc(C)c1C(=O)N1C[C@H]2CNC[C@H]2C1. The number of fused-ring (bicyclic) bond motifs is 1. The van der Waals surface area contributed by atoms with Crippen molar-refractivity contribution in [2.75, 3.05) is 26.2 Å². The smallest absolute Gasteiger partial charge is 0.259 e. The molecule has 17 heavy (non-hydrogen) atoms. The number of hydrogen-bond acceptors (Lipinski definition) is 4. The summed E-state index contributed by atoms with van der Waals surface area (Å²) in [6, 6.07) is 0. The van der Waals surface area contributed by atoms with Crippen LogP contribution in [0.15, 0.2) is 4.52 Å². The zero-order valence-corrected chi connectivity index (χ0v) is 10.2. The molecule has 0 bridgehead atoms. The Morgan fingerprint density at radius 1 is 1.35 bits per heavy atom. The number of aryl methyl sites for hydroxylation is 2. The molecule has 2 fully saturated rings. The first kappa shape index (κ1) is 10.8. The van der Waals surface area contributed by atoms with Crippen molar-refractivity contribution in [3.05, 3.63) is 17.0 Å². The van der Waals surface area contributed by atoms with Gasteiger partial charge in [0, 0.05) is 26.2 Å². The Morgan fingerprint density at radius 2 is 2.00 bits per heavy atom. The highest BCUT2D eigenvalue weighted by atomic mass is 16.5. The highest BCUT2D eigenvalue weighted by molar-refractivity contribution is 5.96. The third-order valence-corrected chi connectivity index (χ3v) is 3.92. The second-order valence-corrected chi connectivity index (χ2v) is 5.09. The molecule has 0 aromatic carbocycles. The largest absolute Gasteiger partial charge is 0.361 e. The minimum atomic E-state index is 0.0793. The average Bonchev–Trinajstić information content (AvgIpc) is 2.92. The van der Waals surface area contributed by atoms with Crippen molar-refractivity contribution in [2.45, 2.75) is 13.8 Å². The number of carbonyl (C=O) groups excluding carboxylic acids is 1.